The van der Waals surface area contributed by atoms with Crippen molar-refractivity contribution in [1.82, 2.24) is 0 Å². The number of hydrogen-bond donors (Lipinski definition) is 0. The fraction of sp³-hybridized carbons (Fsp3) is 1.00. The van der Waals surface area contributed by atoms with Crippen LogP contribution in [0.3, 0.4) is 0 Å². The Balaban J connectivity index is 2.10. The summed E-state index contributed by atoms with van der Waals surface area (Å²) in [5.41, 5.74) is 0.677. The maximum absolute atomic E-state index is 3.63. The SMILES string of the molecule is CC1(C)[C@H]2CC[C@H](CBr)[C@@H]1C2. The number of hydrogen-bond acceptors (Lipinski definition) is 0. The molecule has 64 valence electrons. The number of halogens is 1. The van der Waals surface area contributed by atoms with Gasteiger partial charge in [0, 0.05) is 5.33 Å². The van der Waals surface area contributed by atoms with Gasteiger partial charge in [-0.25, -0.2) is 0 Å². The van der Waals surface area contributed by atoms with Crippen LogP contribution in [-0.4, -0.2) is 5.33 Å². The van der Waals surface area contributed by atoms with E-state index in [0.717, 1.165) is 17.8 Å². The Morgan fingerprint density at radius 3 is 2.45 bits per heavy atom. The molecule has 0 amide bonds. The van der Waals surface area contributed by atoms with E-state index >= 15 is 0 Å². The first-order valence-corrected chi connectivity index (χ1v) is 5.84. The molecule has 0 aromatic carbocycles. The summed E-state index contributed by atoms with van der Waals surface area (Å²) in [4.78, 5) is 0. The highest BCUT2D eigenvalue weighted by Crippen LogP contribution is 2.61. The van der Waals surface area contributed by atoms with Crippen LogP contribution in [0.5, 0.6) is 0 Å². The summed E-state index contributed by atoms with van der Waals surface area (Å²) in [5, 5.41) is 1.23. The van der Waals surface area contributed by atoms with Gasteiger partial charge in [0.15, 0.2) is 0 Å². The van der Waals surface area contributed by atoms with Gasteiger partial charge in [-0.2, -0.15) is 0 Å². The van der Waals surface area contributed by atoms with Crippen molar-refractivity contribution in [3.63, 3.8) is 0 Å². The quantitative estimate of drug-likeness (QED) is 0.590. The van der Waals surface area contributed by atoms with Crippen molar-refractivity contribution < 1.29 is 0 Å². The smallest absolute Gasteiger partial charge is 0.00625 e. The second-order valence-corrected chi connectivity index (χ2v) is 5.50. The molecule has 0 aromatic rings. The van der Waals surface area contributed by atoms with Gasteiger partial charge in [-0.3, -0.25) is 0 Å². The summed E-state index contributed by atoms with van der Waals surface area (Å²) in [6.07, 6.45) is 4.48. The monoisotopic (exact) mass is 216 g/mol. The van der Waals surface area contributed by atoms with E-state index in [1.807, 2.05) is 0 Å². The molecule has 2 bridgehead atoms. The van der Waals surface area contributed by atoms with Gasteiger partial charge >= 0.3 is 0 Å². The molecule has 3 aliphatic rings. The summed E-state index contributed by atoms with van der Waals surface area (Å²) in [7, 11) is 0. The van der Waals surface area contributed by atoms with Crippen molar-refractivity contribution in [1.29, 1.82) is 0 Å². The van der Waals surface area contributed by atoms with E-state index in [9.17, 15) is 0 Å². The van der Waals surface area contributed by atoms with E-state index in [1.165, 1.54) is 24.6 Å². The van der Waals surface area contributed by atoms with Gasteiger partial charge in [-0.1, -0.05) is 29.8 Å². The molecule has 0 nitrogen and oxygen atoms in total. The summed E-state index contributed by atoms with van der Waals surface area (Å²) in [5.74, 6) is 3.07. The molecule has 3 atom stereocenters. The van der Waals surface area contributed by atoms with Crippen LogP contribution in [0, 0.1) is 23.2 Å². The molecule has 3 rings (SSSR count). The van der Waals surface area contributed by atoms with Crippen LogP contribution in [-0.2, 0) is 0 Å². The van der Waals surface area contributed by atoms with Crippen molar-refractivity contribution in [2.75, 3.05) is 5.33 Å². The molecule has 11 heavy (non-hydrogen) atoms. The van der Waals surface area contributed by atoms with E-state index in [4.69, 9.17) is 0 Å². The van der Waals surface area contributed by atoms with Gasteiger partial charge in [0.05, 0.1) is 0 Å². The molecule has 3 fully saturated rings. The highest BCUT2D eigenvalue weighted by molar-refractivity contribution is 9.09. The zero-order valence-electron chi connectivity index (χ0n) is 7.44. The van der Waals surface area contributed by atoms with Crippen LogP contribution in [0.1, 0.15) is 33.1 Å². The minimum atomic E-state index is 0.677. The molecular weight excluding hydrogens is 200 g/mol. The lowest BCUT2D eigenvalue weighted by Crippen LogP contribution is -2.52. The van der Waals surface area contributed by atoms with Crippen LogP contribution in [0.25, 0.3) is 0 Å². The van der Waals surface area contributed by atoms with Crippen LogP contribution >= 0.6 is 15.9 Å². The van der Waals surface area contributed by atoms with Crippen molar-refractivity contribution in [2.24, 2.45) is 23.2 Å². The molecule has 0 heterocycles. The van der Waals surface area contributed by atoms with Crippen molar-refractivity contribution >= 4 is 15.9 Å². The minimum absolute atomic E-state index is 0.677. The average molecular weight is 217 g/mol. The number of alkyl halides is 1. The second-order valence-electron chi connectivity index (χ2n) is 4.85. The second kappa shape index (κ2) is 2.48. The Morgan fingerprint density at radius 1 is 1.36 bits per heavy atom. The van der Waals surface area contributed by atoms with E-state index in [2.05, 4.69) is 29.8 Å². The molecule has 0 saturated heterocycles. The largest absolute Gasteiger partial charge is 0.0925 e. The first kappa shape index (κ1) is 8.10. The summed E-state index contributed by atoms with van der Waals surface area (Å²) in [6.45, 7) is 4.92. The van der Waals surface area contributed by atoms with Crippen LogP contribution in [0.15, 0.2) is 0 Å². The molecule has 1 heteroatoms. The molecule has 0 unspecified atom stereocenters. The van der Waals surface area contributed by atoms with Gasteiger partial charge < -0.3 is 0 Å². The third-order valence-corrected chi connectivity index (χ3v) is 5.03. The lowest BCUT2D eigenvalue weighted by molar-refractivity contribution is -0.0970. The van der Waals surface area contributed by atoms with Crippen LogP contribution < -0.4 is 0 Å². The van der Waals surface area contributed by atoms with Crippen molar-refractivity contribution in [2.45, 2.75) is 33.1 Å². The summed E-state index contributed by atoms with van der Waals surface area (Å²) in [6, 6.07) is 0. The topological polar surface area (TPSA) is 0 Å². The fourth-order valence-electron chi connectivity index (χ4n) is 3.15. The molecular formula is C10H17Br. The number of rotatable bonds is 1. The summed E-state index contributed by atoms with van der Waals surface area (Å²) < 4.78 is 0. The molecule has 0 radical (unpaired) electrons. The lowest BCUT2D eigenvalue weighted by atomic mass is 9.46. The average Bonchev–Trinajstić information content (AvgIpc) is 2.04. The van der Waals surface area contributed by atoms with Crippen LogP contribution in [0.2, 0.25) is 0 Å². The van der Waals surface area contributed by atoms with E-state index in [-0.39, 0.29) is 0 Å². The normalized spacial score (nSPS) is 46.6. The van der Waals surface area contributed by atoms with Gasteiger partial charge in [-0.15, -0.1) is 0 Å². The van der Waals surface area contributed by atoms with Crippen LogP contribution in [0.4, 0.5) is 0 Å². The molecule has 0 aliphatic heterocycles. The van der Waals surface area contributed by atoms with Gasteiger partial charge in [0.1, 0.15) is 0 Å². The van der Waals surface area contributed by atoms with E-state index < -0.39 is 0 Å². The predicted octanol–water partition coefficient (Wildman–Crippen LogP) is 3.45. The Kier molecular flexibility index (Phi) is 1.83. The summed E-state index contributed by atoms with van der Waals surface area (Å²) >= 11 is 3.63. The number of fused-ring (bicyclic) bond motifs is 2. The molecule has 3 saturated carbocycles. The van der Waals surface area contributed by atoms with Crippen molar-refractivity contribution in [3.05, 3.63) is 0 Å². The van der Waals surface area contributed by atoms with Gasteiger partial charge in [-0.05, 0) is 42.4 Å². The maximum Gasteiger partial charge on any atom is 0.00625 e. The molecule has 0 aromatic heterocycles. The lowest BCUT2D eigenvalue weighted by Gasteiger charge is -2.60. The highest BCUT2D eigenvalue weighted by Gasteiger charge is 2.53. The zero-order valence-corrected chi connectivity index (χ0v) is 9.02. The third kappa shape index (κ3) is 0.998. The Bertz CT molecular complexity index is 160. The Labute approximate surface area is 77.9 Å². The van der Waals surface area contributed by atoms with Gasteiger partial charge in [0.2, 0.25) is 0 Å². The van der Waals surface area contributed by atoms with E-state index in [1.54, 1.807) is 0 Å². The fourth-order valence-corrected chi connectivity index (χ4v) is 3.92. The Morgan fingerprint density at radius 2 is 2.09 bits per heavy atom. The minimum Gasteiger partial charge on any atom is -0.0925 e. The zero-order chi connectivity index (χ0) is 8.06. The maximum atomic E-state index is 3.63. The van der Waals surface area contributed by atoms with Gasteiger partial charge in [0.25, 0.3) is 0 Å². The first-order chi connectivity index (χ1) is 5.16. The highest BCUT2D eigenvalue weighted by atomic mass is 79.9. The molecule has 3 aliphatic carbocycles. The standard InChI is InChI=1S/C10H17Br/c1-10(2)8-4-3-7(6-11)9(10)5-8/h7-9H,3-6H2,1-2H3/t7-,8+,9+/m1/s1. The molecule has 0 spiro atoms. The predicted molar refractivity (Wildman–Crippen MR) is 51.9 cm³/mol. The van der Waals surface area contributed by atoms with Crippen molar-refractivity contribution in [3.8, 4) is 0 Å². The molecule has 0 N–H and O–H groups in total. The first-order valence-electron chi connectivity index (χ1n) is 4.72. The van der Waals surface area contributed by atoms with E-state index in [0.29, 0.717) is 5.41 Å². The Hall–Kier alpha value is 0.480. The third-order valence-electron chi connectivity index (χ3n) is 4.20.